The van der Waals surface area contributed by atoms with Gasteiger partial charge < -0.3 is 10.3 Å². The number of aromatic amines is 1. The summed E-state index contributed by atoms with van der Waals surface area (Å²) in [5, 5.41) is 4.06. The predicted octanol–water partition coefficient (Wildman–Crippen LogP) is 5.35. The smallest absolute Gasteiger partial charge is 0.258 e. The molecule has 2 N–H and O–H groups in total. The zero-order valence-corrected chi connectivity index (χ0v) is 15.9. The third-order valence-electron chi connectivity index (χ3n) is 4.27. The summed E-state index contributed by atoms with van der Waals surface area (Å²) in [5.74, 6) is -0.712. The van der Waals surface area contributed by atoms with E-state index < -0.39 is 5.91 Å². The van der Waals surface area contributed by atoms with Crippen molar-refractivity contribution in [2.75, 3.05) is 5.32 Å². The maximum absolute atomic E-state index is 13.1. The number of aromatic nitrogens is 2. The van der Waals surface area contributed by atoms with Crippen molar-refractivity contribution in [3.63, 3.8) is 0 Å². The summed E-state index contributed by atoms with van der Waals surface area (Å²) in [6.07, 6.45) is 1.50. The molecule has 2 aromatic heterocycles. The van der Waals surface area contributed by atoms with Gasteiger partial charge in [0, 0.05) is 27.7 Å². The van der Waals surface area contributed by atoms with Gasteiger partial charge in [-0.25, -0.2) is 4.98 Å². The van der Waals surface area contributed by atoms with Crippen molar-refractivity contribution in [2.24, 2.45) is 0 Å². The van der Waals surface area contributed by atoms with Crippen LogP contribution < -0.4 is 5.32 Å². The third kappa shape index (κ3) is 3.38. The highest BCUT2D eigenvalue weighted by atomic mass is 35.5. The highest BCUT2D eigenvalue weighted by molar-refractivity contribution is 6.34. The van der Waals surface area contributed by atoms with Crippen LogP contribution in [-0.2, 0) is 0 Å². The molecule has 0 aliphatic heterocycles. The zero-order chi connectivity index (χ0) is 19.7. The quantitative estimate of drug-likeness (QED) is 0.352. The Morgan fingerprint density at radius 2 is 1.75 bits per heavy atom. The molecule has 0 atom stereocenters. The number of ketones is 1. The maximum atomic E-state index is 13.1. The van der Waals surface area contributed by atoms with Crippen LogP contribution in [-0.4, -0.2) is 21.7 Å². The van der Waals surface area contributed by atoms with Crippen LogP contribution in [0.3, 0.4) is 0 Å². The number of benzene rings is 2. The van der Waals surface area contributed by atoms with Gasteiger partial charge in [0.1, 0.15) is 10.8 Å². The minimum Gasteiger partial charge on any atom is -0.350 e. The first-order valence-corrected chi connectivity index (χ1v) is 9.13. The van der Waals surface area contributed by atoms with E-state index in [2.05, 4.69) is 15.3 Å². The van der Waals surface area contributed by atoms with Gasteiger partial charge >= 0.3 is 0 Å². The molecular weight excluding hydrogens is 397 g/mol. The fourth-order valence-corrected chi connectivity index (χ4v) is 3.32. The molecule has 2 heterocycles. The average Bonchev–Trinajstić information content (AvgIpc) is 3.05. The summed E-state index contributed by atoms with van der Waals surface area (Å²) in [5.41, 5.74) is 1.97. The van der Waals surface area contributed by atoms with E-state index in [1.54, 1.807) is 54.6 Å². The molecular formula is C21H13Cl2N3O2. The molecule has 0 aliphatic carbocycles. The summed E-state index contributed by atoms with van der Waals surface area (Å²) < 4.78 is 0. The molecule has 28 heavy (non-hydrogen) atoms. The summed E-state index contributed by atoms with van der Waals surface area (Å²) in [6.45, 7) is 0. The van der Waals surface area contributed by atoms with Gasteiger partial charge in [0.05, 0.1) is 11.3 Å². The number of H-pyrrole nitrogens is 1. The van der Waals surface area contributed by atoms with Gasteiger partial charge in [0.25, 0.3) is 5.91 Å². The minimum absolute atomic E-state index is 0.0822. The van der Waals surface area contributed by atoms with Crippen molar-refractivity contribution in [3.05, 3.63) is 93.9 Å². The standard InChI is InChI=1S/C21H13Cl2N3O2/c22-13-8-9-14-16(11-13)25-18(19(27)12-5-2-1-3-6-12)17(14)26-21(28)15-7-4-10-24-20(15)23/h1-11,25H,(H,26,28). The molecule has 1 amide bonds. The van der Waals surface area contributed by atoms with Gasteiger partial charge in [-0.2, -0.15) is 0 Å². The SMILES string of the molecule is O=C(Nc1c(C(=O)c2ccccc2)[nH]c2cc(Cl)ccc12)c1cccnc1Cl. The van der Waals surface area contributed by atoms with Crippen LogP contribution in [0.25, 0.3) is 10.9 Å². The molecule has 5 nitrogen and oxygen atoms in total. The number of amides is 1. The van der Waals surface area contributed by atoms with Crippen molar-refractivity contribution in [1.82, 2.24) is 9.97 Å². The number of fused-ring (bicyclic) bond motifs is 1. The molecule has 0 bridgehead atoms. The molecule has 0 radical (unpaired) electrons. The van der Waals surface area contributed by atoms with Crippen LogP contribution >= 0.6 is 23.2 Å². The third-order valence-corrected chi connectivity index (χ3v) is 4.80. The average molecular weight is 410 g/mol. The predicted molar refractivity (Wildman–Crippen MR) is 110 cm³/mol. The van der Waals surface area contributed by atoms with E-state index in [1.807, 2.05) is 6.07 Å². The van der Waals surface area contributed by atoms with E-state index in [4.69, 9.17) is 23.2 Å². The Hall–Kier alpha value is -3.15. The van der Waals surface area contributed by atoms with Crippen molar-refractivity contribution >= 4 is 51.5 Å². The van der Waals surface area contributed by atoms with Crippen molar-refractivity contribution in [3.8, 4) is 0 Å². The number of halogens is 2. The number of hydrogen-bond acceptors (Lipinski definition) is 3. The molecule has 138 valence electrons. The monoisotopic (exact) mass is 409 g/mol. The van der Waals surface area contributed by atoms with Gasteiger partial charge in [-0.05, 0) is 30.3 Å². The summed E-state index contributed by atoms with van der Waals surface area (Å²) in [4.78, 5) is 32.8. The second kappa shape index (κ2) is 7.46. The topological polar surface area (TPSA) is 74.8 Å². The Morgan fingerprint density at radius 1 is 0.964 bits per heavy atom. The van der Waals surface area contributed by atoms with Gasteiger partial charge in [0.15, 0.2) is 0 Å². The van der Waals surface area contributed by atoms with Crippen LogP contribution in [0.5, 0.6) is 0 Å². The van der Waals surface area contributed by atoms with E-state index >= 15 is 0 Å². The van der Waals surface area contributed by atoms with E-state index in [9.17, 15) is 9.59 Å². The van der Waals surface area contributed by atoms with Crippen LogP contribution in [0.4, 0.5) is 5.69 Å². The van der Waals surface area contributed by atoms with E-state index in [0.29, 0.717) is 27.2 Å². The van der Waals surface area contributed by atoms with Crippen molar-refractivity contribution in [1.29, 1.82) is 0 Å². The molecule has 0 saturated heterocycles. The Balaban J connectivity index is 1.83. The molecule has 2 aromatic carbocycles. The Bertz CT molecular complexity index is 1200. The van der Waals surface area contributed by atoms with Crippen LogP contribution in [0.1, 0.15) is 26.4 Å². The second-order valence-corrected chi connectivity index (χ2v) is 6.85. The Kier molecular flexibility index (Phi) is 4.86. The Morgan fingerprint density at radius 3 is 2.50 bits per heavy atom. The van der Waals surface area contributed by atoms with E-state index in [1.165, 1.54) is 6.20 Å². The zero-order valence-electron chi connectivity index (χ0n) is 14.4. The Labute approximate surface area is 170 Å². The number of rotatable bonds is 4. The van der Waals surface area contributed by atoms with E-state index in [-0.39, 0.29) is 22.2 Å². The lowest BCUT2D eigenvalue weighted by molar-refractivity contribution is 0.102. The lowest BCUT2D eigenvalue weighted by Crippen LogP contribution is -2.15. The van der Waals surface area contributed by atoms with Crippen molar-refractivity contribution in [2.45, 2.75) is 0 Å². The molecule has 0 fully saturated rings. The van der Waals surface area contributed by atoms with Gasteiger partial charge in [-0.1, -0.05) is 53.5 Å². The first-order valence-electron chi connectivity index (χ1n) is 8.37. The highest BCUT2D eigenvalue weighted by Crippen LogP contribution is 2.32. The minimum atomic E-state index is -0.462. The van der Waals surface area contributed by atoms with Gasteiger partial charge in [-0.3, -0.25) is 9.59 Å². The number of anilines is 1. The first-order chi connectivity index (χ1) is 13.5. The molecule has 4 rings (SSSR count). The number of pyridine rings is 1. The van der Waals surface area contributed by atoms with Gasteiger partial charge in [-0.15, -0.1) is 0 Å². The van der Waals surface area contributed by atoms with Crippen molar-refractivity contribution < 1.29 is 9.59 Å². The van der Waals surface area contributed by atoms with E-state index in [0.717, 1.165) is 0 Å². The molecule has 7 heteroatoms. The normalized spacial score (nSPS) is 10.8. The second-order valence-electron chi connectivity index (χ2n) is 6.06. The fraction of sp³-hybridized carbons (Fsp3) is 0. The summed E-state index contributed by atoms with van der Waals surface area (Å²) >= 11 is 12.1. The fourth-order valence-electron chi connectivity index (χ4n) is 2.94. The molecule has 0 aliphatic rings. The van der Waals surface area contributed by atoms with Crippen LogP contribution in [0, 0.1) is 0 Å². The molecule has 0 saturated carbocycles. The number of nitrogens with zero attached hydrogens (tertiary/aromatic N) is 1. The largest absolute Gasteiger partial charge is 0.350 e. The summed E-state index contributed by atoms with van der Waals surface area (Å²) in [6, 6.07) is 17.1. The molecule has 0 unspecified atom stereocenters. The van der Waals surface area contributed by atoms with Gasteiger partial charge in [0.2, 0.25) is 5.78 Å². The maximum Gasteiger partial charge on any atom is 0.258 e. The number of carbonyl (C=O) groups is 2. The highest BCUT2D eigenvalue weighted by Gasteiger charge is 2.22. The lowest BCUT2D eigenvalue weighted by atomic mass is 10.1. The number of carbonyl (C=O) groups excluding carboxylic acids is 2. The first kappa shape index (κ1) is 18.2. The van der Waals surface area contributed by atoms with Crippen LogP contribution in [0.2, 0.25) is 10.2 Å². The molecule has 0 spiro atoms. The van der Waals surface area contributed by atoms with Crippen LogP contribution in [0.15, 0.2) is 66.9 Å². The summed E-state index contributed by atoms with van der Waals surface area (Å²) in [7, 11) is 0. The molecule has 4 aromatic rings. The number of hydrogen-bond donors (Lipinski definition) is 2. The number of nitrogens with one attached hydrogen (secondary N) is 2. The lowest BCUT2D eigenvalue weighted by Gasteiger charge is -2.08.